The second-order valence-electron chi connectivity index (χ2n) is 5.34. The lowest BCUT2D eigenvalue weighted by Crippen LogP contribution is -2.44. The first kappa shape index (κ1) is 13.4. The van der Waals surface area contributed by atoms with Gasteiger partial charge in [-0.15, -0.1) is 11.3 Å². The molecule has 1 aliphatic carbocycles. The van der Waals surface area contributed by atoms with Crippen LogP contribution < -0.4 is 11.1 Å². The van der Waals surface area contributed by atoms with Gasteiger partial charge in [-0.3, -0.25) is 4.79 Å². The summed E-state index contributed by atoms with van der Waals surface area (Å²) in [6, 6.07) is 7.39. The predicted molar refractivity (Wildman–Crippen MR) is 82.0 cm³/mol. The molecule has 0 spiro atoms. The Morgan fingerprint density at radius 2 is 2.10 bits per heavy atom. The molecule has 5 heteroatoms. The lowest BCUT2D eigenvalue weighted by atomic mass is 9.92. The number of fused-ring (bicyclic) bond motifs is 1. The van der Waals surface area contributed by atoms with Crippen LogP contribution in [0.3, 0.4) is 0 Å². The second-order valence-corrected chi connectivity index (χ2v) is 6.42. The summed E-state index contributed by atoms with van der Waals surface area (Å²) in [5, 5.41) is 13.9. The normalized spacial score (nSPS) is 22.9. The van der Waals surface area contributed by atoms with Crippen molar-refractivity contribution in [2.24, 2.45) is 0 Å². The summed E-state index contributed by atoms with van der Waals surface area (Å²) in [5.41, 5.74) is 6.45. The average Bonchev–Trinajstić information content (AvgIpc) is 2.84. The molecule has 20 heavy (non-hydrogen) atoms. The van der Waals surface area contributed by atoms with E-state index in [0.29, 0.717) is 10.6 Å². The molecule has 1 heterocycles. The molecule has 2 atom stereocenters. The monoisotopic (exact) mass is 290 g/mol. The molecule has 0 aliphatic heterocycles. The fourth-order valence-electron chi connectivity index (χ4n) is 2.69. The van der Waals surface area contributed by atoms with Crippen molar-refractivity contribution in [3.05, 3.63) is 29.1 Å². The minimum atomic E-state index is -0.419. The van der Waals surface area contributed by atoms with Crippen LogP contribution in [0.15, 0.2) is 24.3 Å². The molecule has 1 aromatic carbocycles. The van der Waals surface area contributed by atoms with Crippen molar-refractivity contribution in [1.82, 2.24) is 5.32 Å². The molecule has 4 N–H and O–H groups in total. The maximum absolute atomic E-state index is 12.3. The van der Waals surface area contributed by atoms with E-state index in [9.17, 15) is 9.90 Å². The molecular weight excluding hydrogens is 272 g/mol. The first-order valence-corrected chi connectivity index (χ1v) is 7.73. The molecule has 2 aromatic rings. The summed E-state index contributed by atoms with van der Waals surface area (Å²) in [6.07, 6.45) is 3.30. The number of nitrogen functional groups attached to an aromatic ring is 1. The lowest BCUT2D eigenvalue weighted by Gasteiger charge is -2.28. The molecule has 2 unspecified atom stereocenters. The summed E-state index contributed by atoms with van der Waals surface area (Å²) in [5.74, 6) is -0.101. The van der Waals surface area contributed by atoms with Gasteiger partial charge in [0.15, 0.2) is 0 Å². The molecule has 3 rings (SSSR count). The average molecular weight is 290 g/mol. The van der Waals surface area contributed by atoms with Crippen LogP contribution in [0, 0.1) is 0 Å². The van der Waals surface area contributed by atoms with E-state index in [2.05, 4.69) is 5.32 Å². The molecule has 1 fully saturated rings. The SMILES string of the molecule is Nc1ccc2sc(C(=O)NC3CCCCC3O)cc2c1. The first-order chi connectivity index (χ1) is 9.63. The summed E-state index contributed by atoms with van der Waals surface area (Å²) >= 11 is 1.45. The number of benzene rings is 1. The maximum atomic E-state index is 12.3. The van der Waals surface area contributed by atoms with Gasteiger partial charge in [-0.05, 0) is 42.5 Å². The fourth-order valence-corrected chi connectivity index (χ4v) is 3.64. The van der Waals surface area contributed by atoms with Crippen molar-refractivity contribution in [3.8, 4) is 0 Å². The van der Waals surface area contributed by atoms with E-state index >= 15 is 0 Å². The van der Waals surface area contributed by atoms with Crippen LogP contribution >= 0.6 is 11.3 Å². The van der Waals surface area contributed by atoms with Crippen molar-refractivity contribution in [3.63, 3.8) is 0 Å². The van der Waals surface area contributed by atoms with Crippen molar-refractivity contribution >= 4 is 33.0 Å². The third-order valence-corrected chi connectivity index (χ3v) is 4.92. The van der Waals surface area contributed by atoms with Gasteiger partial charge in [0.2, 0.25) is 0 Å². The van der Waals surface area contributed by atoms with Gasteiger partial charge in [0.05, 0.1) is 17.0 Å². The Morgan fingerprint density at radius 3 is 2.90 bits per heavy atom. The van der Waals surface area contributed by atoms with Crippen LogP contribution in [-0.4, -0.2) is 23.2 Å². The number of nitrogens with one attached hydrogen (secondary N) is 1. The third-order valence-electron chi connectivity index (χ3n) is 3.81. The molecule has 1 saturated carbocycles. The molecule has 1 amide bonds. The molecule has 4 nitrogen and oxygen atoms in total. The van der Waals surface area contributed by atoms with Crippen LogP contribution in [0.5, 0.6) is 0 Å². The Bertz CT molecular complexity index is 638. The van der Waals surface area contributed by atoms with Gasteiger partial charge in [-0.25, -0.2) is 0 Å². The van der Waals surface area contributed by atoms with Crippen LogP contribution in [0.25, 0.3) is 10.1 Å². The molecule has 1 aliphatic rings. The highest BCUT2D eigenvalue weighted by molar-refractivity contribution is 7.20. The largest absolute Gasteiger partial charge is 0.399 e. The van der Waals surface area contributed by atoms with E-state index in [1.807, 2.05) is 24.3 Å². The number of rotatable bonds is 2. The number of hydrogen-bond donors (Lipinski definition) is 3. The van der Waals surface area contributed by atoms with E-state index < -0.39 is 6.10 Å². The number of carbonyl (C=O) groups is 1. The molecule has 1 aromatic heterocycles. The Hall–Kier alpha value is -1.59. The molecule has 0 bridgehead atoms. The maximum Gasteiger partial charge on any atom is 0.261 e. The van der Waals surface area contributed by atoms with E-state index in [4.69, 9.17) is 5.73 Å². The van der Waals surface area contributed by atoms with Crippen LogP contribution in [-0.2, 0) is 0 Å². The highest BCUT2D eigenvalue weighted by atomic mass is 32.1. The number of carbonyl (C=O) groups excluding carboxylic acids is 1. The number of amides is 1. The van der Waals surface area contributed by atoms with Gasteiger partial charge in [0.25, 0.3) is 5.91 Å². The van der Waals surface area contributed by atoms with Gasteiger partial charge in [-0.2, -0.15) is 0 Å². The first-order valence-electron chi connectivity index (χ1n) is 6.91. The Morgan fingerprint density at radius 1 is 1.30 bits per heavy atom. The Balaban J connectivity index is 1.78. The zero-order valence-electron chi connectivity index (χ0n) is 11.1. The molecule has 0 saturated heterocycles. The Kier molecular flexibility index (Phi) is 3.63. The van der Waals surface area contributed by atoms with Gasteiger partial charge in [0, 0.05) is 10.4 Å². The topological polar surface area (TPSA) is 75.4 Å². The summed E-state index contributed by atoms with van der Waals surface area (Å²) < 4.78 is 1.05. The minimum Gasteiger partial charge on any atom is -0.399 e. The number of thiophene rings is 1. The minimum absolute atomic E-state index is 0.101. The van der Waals surface area contributed by atoms with Gasteiger partial charge in [-0.1, -0.05) is 12.8 Å². The van der Waals surface area contributed by atoms with E-state index in [-0.39, 0.29) is 11.9 Å². The molecular formula is C15H18N2O2S. The smallest absolute Gasteiger partial charge is 0.261 e. The van der Waals surface area contributed by atoms with Crippen molar-refractivity contribution in [1.29, 1.82) is 0 Å². The van der Waals surface area contributed by atoms with Crippen molar-refractivity contribution < 1.29 is 9.90 Å². The third kappa shape index (κ3) is 2.64. The number of aliphatic hydroxyl groups excluding tert-OH is 1. The van der Waals surface area contributed by atoms with E-state index in [0.717, 1.165) is 35.8 Å². The Labute approximate surface area is 121 Å². The quantitative estimate of drug-likeness (QED) is 0.744. The van der Waals surface area contributed by atoms with Crippen molar-refractivity contribution in [2.45, 2.75) is 37.8 Å². The summed E-state index contributed by atoms with van der Waals surface area (Å²) in [6.45, 7) is 0. The highest BCUT2D eigenvalue weighted by Gasteiger charge is 2.25. The lowest BCUT2D eigenvalue weighted by molar-refractivity contribution is 0.0720. The van der Waals surface area contributed by atoms with Gasteiger partial charge >= 0.3 is 0 Å². The highest BCUT2D eigenvalue weighted by Crippen LogP contribution is 2.28. The predicted octanol–water partition coefficient (Wildman–Crippen LogP) is 2.52. The van der Waals surface area contributed by atoms with Crippen molar-refractivity contribution in [2.75, 3.05) is 5.73 Å². The standard InChI is InChI=1S/C15H18N2O2S/c16-10-5-6-13-9(7-10)8-14(20-13)15(19)17-11-3-1-2-4-12(11)18/h5-8,11-12,18H,1-4,16H2,(H,17,19). The second kappa shape index (κ2) is 5.42. The summed E-state index contributed by atoms with van der Waals surface area (Å²) in [7, 11) is 0. The van der Waals surface area contributed by atoms with Crippen LogP contribution in [0.2, 0.25) is 0 Å². The van der Waals surface area contributed by atoms with Gasteiger partial charge in [0.1, 0.15) is 0 Å². The zero-order chi connectivity index (χ0) is 14.1. The zero-order valence-corrected chi connectivity index (χ0v) is 12.0. The summed E-state index contributed by atoms with van der Waals surface area (Å²) in [4.78, 5) is 12.9. The molecule has 106 valence electrons. The van der Waals surface area contributed by atoms with E-state index in [1.165, 1.54) is 11.3 Å². The van der Waals surface area contributed by atoms with Crippen LogP contribution in [0.4, 0.5) is 5.69 Å². The van der Waals surface area contributed by atoms with Gasteiger partial charge < -0.3 is 16.2 Å². The number of aliphatic hydroxyl groups is 1. The molecule has 0 radical (unpaired) electrons. The number of nitrogens with two attached hydrogens (primary N) is 1. The number of hydrogen-bond acceptors (Lipinski definition) is 4. The van der Waals surface area contributed by atoms with Crippen LogP contribution in [0.1, 0.15) is 35.4 Å². The number of anilines is 1. The fraction of sp³-hybridized carbons (Fsp3) is 0.400. The van der Waals surface area contributed by atoms with E-state index in [1.54, 1.807) is 0 Å².